The number of nitrogens with zero attached hydrogens (tertiary/aromatic N) is 1. The lowest BCUT2D eigenvalue weighted by Gasteiger charge is -2.31. The van der Waals surface area contributed by atoms with Gasteiger partial charge >= 0.3 is 0 Å². The summed E-state index contributed by atoms with van der Waals surface area (Å²) in [6.07, 6.45) is 2.52. The van der Waals surface area contributed by atoms with Gasteiger partial charge in [0.25, 0.3) is 0 Å². The normalized spacial score (nSPS) is 14.2. The standard InChI is InChI=1S/C32H30N2O3/c35-20-28(32(37)34-18-17-21-5-1-2-6-26(21)19-34)33-29(36)10-4-7-22-11-12-25-14-13-23-8-3-9-24-15-16-27(22)31(25)30(23)24/h1-3,5-6,8-9,11-16,28,35H,4,7,10,17-20H2,(H,33,36)/t28-/m0/s1. The summed E-state index contributed by atoms with van der Waals surface area (Å²) in [5.74, 6) is -0.431. The van der Waals surface area contributed by atoms with Crippen molar-refractivity contribution in [2.75, 3.05) is 13.2 Å². The molecule has 0 radical (unpaired) electrons. The molecule has 2 amide bonds. The Kier molecular flexibility index (Phi) is 6.23. The van der Waals surface area contributed by atoms with E-state index in [0.717, 1.165) is 18.4 Å². The van der Waals surface area contributed by atoms with Crippen LogP contribution in [-0.4, -0.2) is 41.0 Å². The summed E-state index contributed by atoms with van der Waals surface area (Å²) in [6.45, 7) is 0.699. The molecular weight excluding hydrogens is 460 g/mol. The topological polar surface area (TPSA) is 69.6 Å². The van der Waals surface area contributed by atoms with Gasteiger partial charge in [-0.3, -0.25) is 9.59 Å². The number of amides is 2. The number of carbonyl (C=O) groups excluding carboxylic acids is 2. The molecule has 1 heterocycles. The minimum Gasteiger partial charge on any atom is -0.394 e. The van der Waals surface area contributed by atoms with Gasteiger partial charge in [-0.25, -0.2) is 0 Å². The number of aryl methyl sites for hydroxylation is 1. The van der Waals surface area contributed by atoms with Crippen LogP contribution in [0.5, 0.6) is 0 Å². The van der Waals surface area contributed by atoms with Crippen LogP contribution in [-0.2, 0) is 29.0 Å². The first kappa shape index (κ1) is 23.4. The van der Waals surface area contributed by atoms with Crippen LogP contribution in [0.2, 0.25) is 0 Å². The molecule has 186 valence electrons. The van der Waals surface area contributed by atoms with Gasteiger partial charge in [0.15, 0.2) is 0 Å². The van der Waals surface area contributed by atoms with E-state index in [1.807, 2.05) is 18.2 Å². The van der Waals surface area contributed by atoms with Gasteiger partial charge in [-0.15, -0.1) is 0 Å². The molecule has 0 saturated carbocycles. The van der Waals surface area contributed by atoms with Gasteiger partial charge in [0.2, 0.25) is 11.8 Å². The van der Waals surface area contributed by atoms with E-state index in [1.54, 1.807) is 4.90 Å². The monoisotopic (exact) mass is 490 g/mol. The number of nitrogens with one attached hydrogen (secondary N) is 1. The molecule has 0 fully saturated rings. The first-order valence-corrected chi connectivity index (χ1v) is 13.0. The van der Waals surface area contributed by atoms with Crippen LogP contribution < -0.4 is 5.32 Å². The summed E-state index contributed by atoms with van der Waals surface area (Å²) in [5.41, 5.74) is 3.60. The van der Waals surface area contributed by atoms with Crippen LogP contribution in [0.4, 0.5) is 0 Å². The van der Waals surface area contributed by atoms with Crippen molar-refractivity contribution in [3.63, 3.8) is 0 Å². The Hall–Kier alpha value is -3.96. The number of benzene rings is 5. The fourth-order valence-corrected chi connectivity index (χ4v) is 5.81. The largest absolute Gasteiger partial charge is 0.394 e. The number of aliphatic hydroxyl groups is 1. The number of aliphatic hydroxyl groups excluding tert-OH is 1. The lowest BCUT2D eigenvalue weighted by molar-refractivity contribution is -0.138. The Balaban J connectivity index is 1.10. The van der Waals surface area contributed by atoms with Crippen LogP contribution in [0.3, 0.4) is 0 Å². The maximum absolute atomic E-state index is 13.0. The molecular formula is C32H30N2O3. The fourth-order valence-electron chi connectivity index (χ4n) is 5.81. The molecule has 5 nitrogen and oxygen atoms in total. The van der Waals surface area contributed by atoms with Crippen molar-refractivity contribution in [2.24, 2.45) is 0 Å². The zero-order valence-corrected chi connectivity index (χ0v) is 20.7. The quantitative estimate of drug-likeness (QED) is 0.317. The van der Waals surface area contributed by atoms with E-state index < -0.39 is 12.6 Å². The fraction of sp³-hybridized carbons (Fsp3) is 0.250. The van der Waals surface area contributed by atoms with Crippen molar-refractivity contribution in [1.29, 1.82) is 0 Å². The van der Waals surface area contributed by atoms with E-state index in [0.29, 0.717) is 25.9 Å². The minimum atomic E-state index is -0.910. The lowest BCUT2D eigenvalue weighted by Crippen LogP contribution is -2.51. The summed E-state index contributed by atoms with van der Waals surface area (Å²) in [7, 11) is 0. The van der Waals surface area contributed by atoms with E-state index in [2.05, 4.69) is 66.0 Å². The highest BCUT2D eigenvalue weighted by Gasteiger charge is 2.28. The van der Waals surface area contributed by atoms with Crippen molar-refractivity contribution in [3.8, 4) is 0 Å². The molecule has 5 aromatic carbocycles. The first-order chi connectivity index (χ1) is 18.1. The second kappa shape index (κ2) is 9.83. The van der Waals surface area contributed by atoms with Gasteiger partial charge in [0.05, 0.1) is 6.61 Å². The van der Waals surface area contributed by atoms with E-state index in [1.165, 1.54) is 43.4 Å². The van der Waals surface area contributed by atoms with Gasteiger partial charge in [-0.1, -0.05) is 78.9 Å². The third kappa shape index (κ3) is 4.40. The summed E-state index contributed by atoms with van der Waals surface area (Å²) < 4.78 is 0. The smallest absolute Gasteiger partial charge is 0.247 e. The van der Waals surface area contributed by atoms with Gasteiger partial charge in [0, 0.05) is 19.5 Å². The second-order valence-corrected chi connectivity index (χ2v) is 10.0. The number of fused-ring (bicyclic) bond motifs is 1. The molecule has 5 aromatic rings. The lowest BCUT2D eigenvalue weighted by atomic mass is 9.90. The average molecular weight is 491 g/mol. The van der Waals surface area contributed by atoms with Crippen LogP contribution in [0.15, 0.2) is 78.9 Å². The molecule has 0 unspecified atom stereocenters. The number of hydrogen-bond donors (Lipinski definition) is 2. The second-order valence-electron chi connectivity index (χ2n) is 10.0. The SMILES string of the molecule is O=C(CCCc1ccc2ccc3cccc4ccc1c2c34)N[C@@H](CO)C(=O)N1CCc2ccccc2C1. The van der Waals surface area contributed by atoms with Crippen LogP contribution in [0.25, 0.3) is 32.3 Å². The maximum Gasteiger partial charge on any atom is 0.247 e. The van der Waals surface area contributed by atoms with E-state index in [9.17, 15) is 14.7 Å². The molecule has 1 aliphatic heterocycles. The van der Waals surface area contributed by atoms with Crippen molar-refractivity contribution in [2.45, 2.75) is 38.3 Å². The van der Waals surface area contributed by atoms with Gasteiger partial charge in [0.1, 0.15) is 6.04 Å². The van der Waals surface area contributed by atoms with Crippen LogP contribution in [0, 0.1) is 0 Å². The summed E-state index contributed by atoms with van der Waals surface area (Å²) >= 11 is 0. The maximum atomic E-state index is 13.0. The molecule has 2 N–H and O–H groups in total. The van der Waals surface area contributed by atoms with Crippen molar-refractivity contribution < 1.29 is 14.7 Å². The molecule has 0 bridgehead atoms. The summed E-state index contributed by atoms with van der Waals surface area (Å²) in [6, 6.07) is 26.6. The van der Waals surface area contributed by atoms with Crippen LogP contribution in [0.1, 0.15) is 29.5 Å². The van der Waals surface area contributed by atoms with Crippen molar-refractivity contribution in [1.82, 2.24) is 10.2 Å². The van der Waals surface area contributed by atoms with Crippen LogP contribution >= 0.6 is 0 Å². The van der Waals surface area contributed by atoms with Crippen molar-refractivity contribution >= 4 is 44.1 Å². The molecule has 37 heavy (non-hydrogen) atoms. The Morgan fingerprint density at radius 1 is 0.838 bits per heavy atom. The average Bonchev–Trinajstić information content (AvgIpc) is 2.94. The highest BCUT2D eigenvalue weighted by Crippen LogP contribution is 2.36. The van der Waals surface area contributed by atoms with Gasteiger partial charge < -0.3 is 15.3 Å². The number of carbonyl (C=O) groups is 2. The first-order valence-electron chi connectivity index (χ1n) is 13.0. The molecule has 1 atom stereocenters. The zero-order chi connectivity index (χ0) is 25.4. The molecule has 5 heteroatoms. The predicted molar refractivity (Wildman–Crippen MR) is 148 cm³/mol. The molecule has 1 aliphatic rings. The molecule has 0 spiro atoms. The third-order valence-electron chi connectivity index (χ3n) is 7.73. The third-order valence-corrected chi connectivity index (χ3v) is 7.73. The highest BCUT2D eigenvalue weighted by molar-refractivity contribution is 6.23. The van der Waals surface area contributed by atoms with Gasteiger partial charge in [-0.05, 0) is 68.3 Å². The molecule has 0 aromatic heterocycles. The molecule has 0 aliphatic carbocycles. The van der Waals surface area contributed by atoms with Crippen molar-refractivity contribution in [3.05, 3.63) is 95.6 Å². The molecule has 6 rings (SSSR count). The Labute approximate surface area is 216 Å². The Morgan fingerprint density at radius 3 is 2.32 bits per heavy atom. The van der Waals surface area contributed by atoms with E-state index in [-0.39, 0.29) is 11.8 Å². The van der Waals surface area contributed by atoms with E-state index >= 15 is 0 Å². The number of hydrogen-bond acceptors (Lipinski definition) is 3. The molecule has 0 saturated heterocycles. The zero-order valence-electron chi connectivity index (χ0n) is 20.7. The van der Waals surface area contributed by atoms with Gasteiger partial charge in [-0.2, -0.15) is 0 Å². The van der Waals surface area contributed by atoms with E-state index in [4.69, 9.17) is 0 Å². The summed E-state index contributed by atoms with van der Waals surface area (Å²) in [4.78, 5) is 27.5. The number of rotatable bonds is 7. The Morgan fingerprint density at radius 2 is 1.54 bits per heavy atom. The summed E-state index contributed by atoms with van der Waals surface area (Å²) in [5, 5.41) is 20.2. The highest BCUT2D eigenvalue weighted by atomic mass is 16.3. The minimum absolute atomic E-state index is 0.206. The Bertz CT molecular complexity index is 1590. The predicted octanol–water partition coefficient (Wildman–Crippen LogP) is 4.97.